The van der Waals surface area contributed by atoms with Crippen LogP contribution >= 0.6 is 11.6 Å². The fourth-order valence-corrected chi connectivity index (χ4v) is 3.76. The van der Waals surface area contributed by atoms with Crippen molar-refractivity contribution < 1.29 is 19.2 Å². The summed E-state index contributed by atoms with van der Waals surface area (Å²) in [7, 11) is 0. The Balaban J connectivity index is 1.61. The second-order valence-corrected chi connectivity index (χ2v) is 7.52. The number of carbonyl (C=O) groups is 4. The molecule has 27 heavy (non-hydrogen) atoms. The highest BCUT2D eigenvalue weighted by atomic mass is 35.5. The van der Waals surface area contributed by atoms with E-state index in [0.717, 1.165) is 34.6 Å². The number of carbonyl (C=O) groups excluding carboxylic acids is 4. The van der Waals surface area contributed by atoms with Crippen LogP contribution in [-0.4, -0.2) is 46.1 Å². The summed E-state index contributed by atoms with van der Waals surface area (Å²) in [4.78, 5) is 51.2. The maximum absolute atomic E-state index is 12.6. The quantitative estimate of drug-likeness (QED) is 0.616. The summed E-state index contributed by atoms with van der Waals surface area (Å²) >= 11 is 5.82. The molecule has 7 nitrogen and oxygen atoms in total. The van der Waals surface area contributed by atoms with Crippen molar-refractivity contribution in [3.8, 4) is 0 Å². The van der Waals surface area contributed by atoms with Gasteiger partial charge in [-0.15, -0.1) is 0 Å². The highest BCUT2D eigenvalue weighted by Gasteiger charge is 2.49. The zero-order valence-corrected chi connectivity index (χ0v) is 15.9. The van der Waals surface area contributed by atoms with E-state index in [9.17, 15) is 19.2 Å². The van der Waals surface area contributed by atoms with Crippen LogP contribution in [-0.2, 0) is 20.9 Å². The van der Waals surface area contributed by atoms with Gasteiger partial charge in [0.2, 0.25) is 5.91 Å². The molecule has 5 amide bonds. The molecule has 0 aromatic heterocycles. The first-order valence-corrected chi connectivity index (χ1v) is 9.46. The van der Waals surface area contributed by atoms with Crippen LogP contribution in [0.25, 0.3) is 0 Å². The Morgan fingerprint density at radius 1 is 1.11 bits per heavy atom. The van der Waals surface area contributed by atoms with Gasteiger partial charge >= 0.3 is 17.8 Å². The lowest BCUT2D eigenvalue weighted by Gasteiger charge is -2.34. The number of amides is 5. The zero-order valence-electron chi connectivity index (χ0n) is 15.1. The normalized spacial score (nSPS) is 23.1. The summed E-state index contributed by atoms with van der Waals surface area (Å²) in [6.45, 7) is 1.76. The largest absolute Gasteiger partial charge is 0.350 e. The van der Waals surface area contributed by atoms with Crippen molar-refractivity contribution >= 4 is 35.4 Å². The van der Waals surface area contributed by atoms with Crippen LogP contribution in [0.4, 0.5) is 4.79 Å². The molecule has 1 saturated carbocycles. The first-order chi connectivity index (χ1) is 12.9. The van der Waals surface area contributed by atoms with E-state index in [1.54, 1.807) is 24.3 Å². The number of halogens is 1. The Kier molecular flexibility index (Phi) is 5.79. The lowest BCUT2D eigenvalue weighted by Crippen LogP contribution is -2.47. The molecular formula is C19H22ClN3O4. The van der Waals surface area contributed by atoms with Crippen molar-refractivity contribution in [2.24, 2.45) is 5.92 Å². The highest BCUT2D eigenvalue weighted by Crippen LogP contribution is 2.31. The molecule has 1 saturated heterocycles. The fourth-order valence-electron chi connectivity index (χ4n) is 3.64. The number of benzene rings is 1. The zero-order chi connectivity index (χ0) is 19.6. The lowest BCUT2D eigenvalue weighted by atomic mass is 9.85. The number of rotatable bonds is 5. The van der Waals surface area contributed by atoms with Crippen LogP contribution in [0.3, 0.4) is 0 Å². The molecule has 1 aliphatic carbocycles. The van der Waals surface area contributed by atoms with Gasteiger partial charge < -0.3 is 5.32 Å². The molecule has 1 aromatic rings. The second kappa shape index (κ2) is 8.08. The standard InChI is InChI=1S/C19H22ClN3O4/c1-12-4-2-3-5-15(12)23-18(26)17(25)22(19(23)27)11-16(24)21-10-13-6-8-14(20)9-7-13/h6-9,12,15H,2-5,10-11H2,1H3,(H,21,24)/t12-,15+/m0/s1. The molecule has 0 spiro atoms. The maximum atomic E-state index is 12.6. The SMILES string of the molecule is C[C@H]1CCCC[C@H]1N1C(=O)C(=O)N(CC(=O)NCc2ccc(Cl)cc2)C1=O. The summed E-state index contributed by atoms with van der Waals surface area (Å²) in [5, 5.41) is 3.24. The van der Waals surface area contributed by atoms with Gasteiger partial charge in [0.1, 0.15) is 6.54 Å². The molecule has 1 aliphatic heterocycles. The average molecular weight is 392 g/mol. The lowest BCUT2D eigenvalue weighted by molar-refractivity contribution is -0.145. The summed E-state index contributed by atoms with van der Waals surface area (Å²) in [6.07, 6.45) is 3.58. The van der Waals surface area contributed by atoms with Gasteiger partial charge in [-0.05, 0) is 36.5 Å². The van der Waals surface area contributed by atoms with Crippen LogP contribution in [0.5, 0.6) is 0 Å². The summed E-state index contributed by atoms with van der Waals surface area (Å²) < 4.78 is 0. The van der Waals surface area contributed by atoms with Gasteiger partial charge in [0.05, 0.1) is 0 Å². The summed E-state index contributed by atoms with van der Waals surface area (Å²) in [5.41, 5.74) is 0.834. The van der Waals surface area contributed by atoms with Crippen molar-refractivity contribution in [2.45, 2.75) is 45.2 Å². The third-order valence-electron chi connectivity index (χ3n) is 5.19. The number of imide groups is 2. The van der Waals surface area contributed by atoms with Gasteiger partial charge in [-0.2, -0.15) is 0 Å². The van der Waals surface area contributed by atoms with Crippen LogP contribution in [0.2, 0.25) is 5.02 Å². The van der Waals surface area contributed by atoms with E-state index in [1.165, 1.54) is 0 Å². The minimum atomic E-state index is -0.931. The van der Waals surface area contributed by atoms with Gasteiger partial charge in [-0.25, -0.2) is 9.69 Å². The van der Waals surface area contributed by atoms with E-state index >= 15 is 0 Å². The van der Waals surface area contributed by atoms with Gasteiger partial charge in [0.15, 0.2) is 0 Å². The van der Waals surface area contributed by atoms with E-state index < -0.39 is 30.3 Å². The number of nitrogens with zero attached hydrogens (tertiary/aromatic N) is 2. The van der Waals surface area contributed by atoms with Crippen LogP contribution in [0.15, 0.2) is 24.3 Å². The van der Waals surface area contributed by atoms with Crippen molar-refractivity contribution in [2.75, 3.05) is 6.54 Å². The molecule has 2 fully saturated rings. The molecule has 144 valence electrons. The fraction of sp³-hybridized carbons (Fsp3) is 0.474. The topological polar surface area (TPSA) is 86.8 Å². The van der Waals surface area contributed by atoms with E-state index in [-0.39, 0.29) is 18.5 Å². The van der Waals surface area contributed by atoms with Crippen molar-refractivity contribution in [3.05, 3.63) is 34.9 Å². The Morgan fingerprint density at radius 3 is 2.44 bits per heavy atom. The van der Waals surface area contributed by atoms with Gasteiger partial charge in [-0.3, -0.25) is 19.3 Å². The predicted octanol–water partition coefficient (Wildman–Crippen LogP) is 2.33. The molecule has 0 bridgehead atoms. The minimum absolute atomic E-state index is 0.151. The Labute approximate surface area is 162 Å². The van der Waals surface area contributed by atoms with E-state index in [2.05, 4.69) is 5.32 Å². The molecule has 0 unspecified atom stereocenters. The Hall–Kier alpha value is -2.41. The summed E-state index contributed by atoms with van der Waals surface area (Å²) in [6, 6.07) is 5.99. The van der Waals surface area contributed by atoms with E-state index in [0.29, 0.717) is 11.4 Å². The number of hydrogen-bond acceptors (Lipinski definition) is 4. The molecule has 3 rings (SSSR count). The molecule has 1 heterocycles. The molecular weight excluding hydrogens is 370 g/mol. The summed E-state index contributed by atoms with van der Waals surface area (Å²) in [5.74, 6) is -2.11. The predicted molar refractivity (Wildman–Crippen MR) is 98.7 cm³/mol. The Bertz CT molecular complexity index is 765. The molecule has 1 N–H and O–H groups in total. The third-order valence-corrected chi connectivity index (χ3v) is 5.44. The monoisotopic (exact) mass is 391 g/mol. The third kappa shape index (κ3) is 4.13. The second-order valence-electron chi connectivity index (χ2n) is 7.08. The molecule has 0 radical (unpaired) electrons. The van der Waals surface area contributed by atoms with Crippen molar-refractivity contribution in [1.82, 2.24) is 15.1 Å². The minimum Gasteiger partial charge on any atom is -0.350 e. The maximum Gasteiger partial charge on any atom is 0.334 e. The van der Waals surface area contributed by atoms with Crippen LogP contribution in [0.1, 0.15) is 38.2 Å². The molecule has 8 heteroatoms. The number of urea groups is 1. The van der Waals surface area contributed by atoms with Crippen LogP contribution < -0.4 is 5.32 Å². The smallest absolute Gasteiger partial charge is 0.334 e. The molecule has 2 atom stereocenters. The molecule has 2 aliphatic rings. The van der Waals surface area contributed by atoms with Gasteiger partial charge in [0.25, 0.3) is 0 Å². The van der Waals surface area contributed by atoms with Crippen LogP contribution in [0, 0.1) is 5.92 Å². The van der Waals surface area contributed by atoms with E-state index in [4.69, 9.17) is 11.6 Å². The van der Waals surface area contributed by atoms with Crippen molar-refractivity contribution in [1.29, 1.82) is 0 Å². The molecule has 1 aromatic carbocycles. The van der Waals surface area contributed by atoms with Crippen molar-refractivity contribution in [3.63, 3.8) is 0 Å². The number of hydrogen-bond donors (Lipinski definition) is 1. The van der Waals surface area contributed by atoms with Gasteiger partial charge in [-0.1, -0.05) is 43.5 Å². The average Bonchev–Trinajstić information content (AvgIpc) is 2.85. The number of nitrogens with one attached hydrogen (secondary N) is 1. The first-order valence-electron chi connectivity index (χ1n) is 9.08. The first kappa shape index (κ1) is 19.4. The highest BCUT2D eigenvalue weighted by molar-refractivity contribution is 6.45. The van der Waals surface area contributed by atoms with E-state index in [1.807, 2.05) is 6.92 Å². The Morgan fingerprint density at radius 2 is 1.78 bits per heavy atom. The van der Waals surface area contributed by atoms with Gasteiger partial charge in [0, 0.05) is 17.6 Å².